The molecule has 0 unspecified atom stereocenters. The van der Waals surface area contributed by atoms with E-state index in [0.29, 0.717) is 0 Å². The Hall–Kier alpha value is -1.55. The minimum Gasteiger partial charge on any atom is -0.359 e. The Morgan fingerprint density at radius 1 is 1.47 bits per heavy atom. The lowest BCUT2D eigenvalue weighted by Gasteiger charge is -2.00. The lowest BCUT2D eigenvalue weighted by molar-refractivity contribution is 0.373. The third-order valence-corrected chi connectivity index (χ3v) is 2.58. The van der Waals surface area contributed by atoms with Gasteiger partial charge in [0.25, 0.3) is 0 Å². The summed E-state index contributed by atoms with van der Waals surface area (Å²) in [4.78, 5) is 0. The molecule has 0 saturated heterocycles. The van der Waals surface area contributed by atoms with Crippen LogP contribution in [-0.4, -0.2) is 16.3 Å². The highest BCUT2D eigenvalue weighted by Crippen LogP contribution is 2.07. The Morgan fingerprint density at radius 2 is 2.35 bits per heavy atom. The van der Waals surface area contributed by atoms with Crippen molar-refractivity contribution in [3.05, 3.63) is 41.5 Å². The number of hydrogen-bond acceptors (Lipinski definition) is 3. The van der Waals surface area contributed by atoms with Gasteiger partial charge in [-0.3, -0.25) is 0 Å². The molecule has 0 saturated carbocycles. The van der Waals surface area contributed by atoms with Crippen molar-refractivity contribution in [2.24, 2.45) is 0 Å². The Balaban J connectivity index is 1.89. The highest BCUT2D eigenvalue weighted by atomic mass is 16.5. The number of rotatable bonds is 6. The van der Waals surface area contributed by atoms with E-state index in [1.165, 1.54) is 5.56 Å². The van der Waals surface area contributed by atoms with E-state index in [1.54, 1.807) is 0 Å². The van der Waals surface area contributed by atoms with E-state index in [4.69, 9.17) is 4.52 Å². The number of hydrogen-bond donors (Lipinski definition) is 1. The van der Waals surface area contributed by atoms with E-state index >= 15 is 0 Å². The van der Waals surface area contributed by atoms with Crippen LogP contribution in [0.4, 0.5) is 0 Å². The lowest BCUT2D eigenvalue weighted by Crippen LogP contribution is -2.13. The summed E-state index contributed by atoms with van der Waals surface area (Å²) in [6.07, 6.45) is 5.37. The quantitative estimate of drug-likeness (QED) is 0.779. The monoisotopic (exact) mass is 233 g/mol. The molecule has 0 aliphatic carbocycles. The summed E-state index contributed by atoms with van der Waals surface area (Å²) in [5, 5.41) is 7.26. The Labute approximate surface area is 102 Å². The van der Waals surface area contributed by atoms with Gasteiger partial charge in [-0.15, -0.1) is 0 Å². The van der Waals surface area contributed by atoms with Gasteiger partial charge in [-0.05, 0) is 31.5 Å². The van der Waals surface area contributed by atoms with Gasteiger partial charge in [0.15, 0.2) is 5.76 Å². The number of nitrogens with zero attached hydrogens (tertiary/aromatic N) is 2. The molecule has 92 valence electrons. The first-order valence-corrected chi connectivity index (χ1v) is 6.05. The molecule has 17 heavy (non-hydrogen) atoms. The molecule has 2 rings (SSSR count). The maximum absolute atomic E-state index is 5.19. The van der Waals surface area contributed by atoms with Crippen molar-refractivity contribution in [1.82, 2.24) is 15.0 Å². The van der Waals surface area contributed by atoms with Crippen LogP contribution in [0.25, 0.3) is 0 Å². The molecule has 0 aromatic carbocycles. The lowest BCUT2D eigenvalue weighted by atomic mass is 10.3. The van der Waals surface area contributed by atoms with Crippen LogP contribution in [-0.2, 0) is 13.1 Å². The molecule has 0 fully saturated rings. The molecule has 0 bridgehead atoms. The minimum absolute atomic E-state index is 0.745. The highest BCUT2D eigenvalue weighted by molar-refractivity contribution is 5.12. The van der Waals surface area contributed by atoms with Gasteiger partial charge >= 0.3 is 0 Å². The van der Waals surface area contributed by atoms with E-state index in [2.05, 4.69) is 40.4 Å². The van der Waals surface area contributed by atoms with Gasteiger partial charge in [0.05, 0.1) is 12.2 Å². The maximum atomic E-state index is 5.19. The number of aryl methyl sites for hydroxylation is 1. The summed E-state index contributed by atoms with van der Waals surface area (Å²) < 4.78 is 7.30. The maximum Gasteiger partial charge on any atom is 0.156 e. The minimum atomic E-state index is 0.745. The molecule has 0 amide bonds. The molecule has 0 atom stereocenters. The zero-order valence-corrected chi connectivity index (χ0v) is 10.4. The Bertz CT molecular complexity index is 459. The summed E-state index contributed by atoms with van der Waals surface area (Å²) in [5.74, 6) is 0.895. The molecule has 2 aromatic heterocycles. The van der Waals surface area contributed by atoms with E-state index < -0.39 is 0 Å². The van der Waals surface area contributed by atoms with Crippen molar-refractivity contribution in [1.29, 1.82) is 0 Å². The van der Waals surface area contributed by atoms with Gasteiger partial charge in [-0.25, -0.2) is 0 Å². The number of aromatic nitrogens is 2. The largest absolute Gasteiger partial charge is 0.359 e. The van der Waals surface area contributed by atoms with Gasteiger partial charge in [0.1, 0.15) is 0 Å². The van der Waals surface area contributed by atoms with Crippen molar-refractivity contribution in [3.8, 4) is 0 Å². The van der Waals surface area contributed by atoms with Crippen molar-refractivity contribution in [2.75, 3.05) is 6.54 Å². The SMILES string of the molecule is CCCNCc1ccn(Cc2cc(C)no2)c1. The van der Waals surface area contributed by atoms with Crippen LogP contribution >= 0.6 is 0 Å². The second-order valence-electron chi connectivity index (χ2n) is 4.30. The average molecular weight is 233 g/mol. The molecular formula is C13H19N3O. The molecule has 0 spiro atoms. The first-order valence-electron chi connectivity index (χ1n) is 6.05. The summed E-state index contributed by atoms with van der Waals surface area (Å²) in [7, 11) is 0. The summed E-state index contributed by atoms with van der Waals surface area (Å²) in [5.41, 5.74) is 2.23. The second-order valence-corrected chi connectivity index (χ2v) is 4.30. The van der Waals surface area contributed by atoms with Crippen molar-refractivity contribution < 1.29 is 4.52 Å². The van der Waals surface area contributed by atoms with Crippen molar-refractivity contribution in [2.45, 2.75) is 33.4 Å². The topological polar surface area (TPSA) is 43.0 Å². The smallest absolute Gasteiger partial charge is 0.156 e. The summed E-state index contributed by atoms with van der Waals surface area (Å²) in [6, 6.07) is 4.10. The normalized spacial score (nSPS) is 10.9. The predicted molar refractivity (Wildman–Crippen MR) is 66.8 cm³/mol. The molecule has 1 N–H and O–H groups in total. The summed E-state index contributed by atoms with van der Waals surface area (Å²) >= 11 is 0. The van der Waals surface area contributed by atoms with Gasteiger partial charge in [-0.1, -0.05) is 12.1 Å². The van der Waals surface area contributed by atoms with Crippen LogP contribution in [0.2, 0.25) is 0 Å². The van der Waals surface area contributed by atoms with E-state index in [0.717, 1.165) is 37.5 Å². The molecule has 2 aromatic rings. The molecular weight excluding hydrogens is 214 g/mol. The van der Waals surface area contributed by atoms with E-state index in [1.807, 2.05) is 13.0 Å². The van der Waals surface area contributed by atoms with Crippen LogP contribution in [0, 0.1) is 6.92 Å². The Kier molecular flexibility index (Phi) is 3.98. The third kappa shape index (κ3) is 3.46. The molecule has 2 heterocycles. The molecule has 0 aliphatic heterocycles. The first-order chi connectivity index (χ1) is 8.28. The second kappa shape index (κ2) is 5.68. The number of nitrogens with one attached hydrogen (secondary N) is 1. The van der Waals surface area contributed by atoms with Crippen LogP contribution in [0.5, 0.6) is 0 Å². The van der Waals surface area contributed by atoms with E-state index in [9.17, 15) is 0 Å². The van der Waals surface area contributed by atoms with Crippen LogP contribution in [0.3, 0.4) is 0 Å². The van der Waals surface area contributed by atoms with Crippen LogP contribution < -0.4 is 5.32 Å². The van der Waals surface area contributed by atoms with E-state index in [-0.39, 0.29) is 0 Å². The molecule has 4 nitrogen and oxygen atoms in total. The first kappa shape index (κ1) is 11.9. The third-order valence-electron chi connectivity index (χ3n) is 2.58. The van der Waals surface area contributed by atoms with Crippen LogP contribution in [0.15, 0.2) is 29.0 Å². The zero-order chi connectivity index (χ0) is 12.1. The average Bonchev–Trinajstić information content (AvgIpc) is 2.90. The van der Waals surface area contributed by atoms with Gasteiger partial charge < -0.3 is 14.4 Å². The molecule has 0 aliphatic rings. The summed E-state index contributed by atoms with van der Waals surface area (Å²) in [6.45, 7) is 6.84. The van der Waals surface area contributed by atoms with Crippen molar-refractivity contribution in [3.63, 3.8) is 0 Å². The fourth-order valence-electron chi connectivity index (χ4n) is 1.77. The van der Waals surface area contributed by atoms with Gasteiger partial charge in [-0.2, -0.15) is 0 Å². The fraction of sp³-hybridized carbons (Fsp3) is 0.462. The standard InChI is InChI=1S/C13H19N3O/c1-3-5-14-8-12-4-6-16(9-12)10-13-7-11(2)15-17-13/h4,6-7,9,14H,3,5,8,10H2,1-2H3. The molecule has 0 radical (unpaired) electrons. The predicted octanol–water partition coefficient (Wildman–Crippen LogP) is 2.33. The van der Waals surface area contributed by atoms with Crippen molar-refractivity contribution >= 4 is 0 Å². The highest BCUT2D eigenvalue weighted by Gasteiger charge is 2.02. The van der Waals surface area contributed by atoms with Gasteiger partial charge in [0.2, 0.25) is 0 Å². The zero-order valence-electron chi connectivity index (χ0n) is 10.4. The Morgan fingerprint density at radius 3 is 3.06 bits per heavy atom. The fourth-order valence-corrected chi connectivity index (χ4v) is 1.77. The molecule has 4 heteroatoms. The van der Waals surface area contributed by atoms with Gasteiger partial charge in [0, 0.05) is 25.0 Å². The van der Waals surface area contributed by atoms with Crippen LogP contribution in [0.1, 0.15) is 30.4 Å².